The standard InChI is InChI=1S/C21H20N2O3/c24-21(26-17-10-16(11-17)23-8-7-22-13-23)15-9-19-18-4-2-1-3-14(18)5-6-20(19)25-12-15/h1-8,13,15-17H,9-12H2. The summed E-state index contributed by atoms with van der Waals surface area (Å²) in [7, 11) is 0. The van der Waals surface area contributed by atoms with Gasteiger partial charge in [-0.2, -0.15) is 0 Å². The van der Waals surface area contributed by atoms with Crippen LogP contribution in [0.1, 0.15) is 24.4 Å². The number of aromatic nitrogens is 2. The highest BCUT2D eigenvalue weighted by atomic mass is 16.5. The number of fused-ring (bicyclic) bond motifs is 3. The predicted octanol–water partition coefficient (Wildman–Crippen LogP) is 3.53. The number of ether oxygens (including phenoxy) is 2. The first kappa shape index (κ1) is 15.4. The fraction of sp³-hybridized carbons (Fsp3) is 0.333. The lowest BCUT2D eigenvalue weighted by Crippen LogP contribution is -2.38. The summed E-state index contributed by atoms with van der Waals surface area (Å²) in [6.45, 7) is 0.391. The van der Waals surface area contributed by atoms with Crippen molar-refractivity contribution in [2.75, 3.05) is 6.61 Å². The summed E-state index contributed by atoms with van der Waals surface area (Å²) >= 11 is 0. The minimum Gasteiger partial charge on any atom is -0.492 e. The van der Waals surface area contributed by atoms with Crippen LogP contribution < -0.4 is 4.74 Å². The van der Waals surface area contributed by atoms with Crippen molar-refractivity contribution < 1.29 is 14.3 Å². The largest absolute Gasteiger partial charge is 0.492 e. The number of hydrogen-bond acceptors (Lipinski definition) is 4. The first-order chi connectivity index (χ1) is 12.8. The molecule has 0 radical (unpaired) electrons. The quantitative estimate of drug-likeness (QED) is 0.680. The van der Waals surface area contributed by atoms with Crippen molar-refractivity contribution in [3.05, 3.63) is 60.7 Å². The number of hydrogen-bond donors (Lipinski definition) is 0. The second-order valence-corrected chi connectivity index (χ2v) is 7.17. The van der Waals surface area contributed by atoms with Crippen LogP contribution in [0.5, 0.6) is 5.75 Å². The van der Waals surface area contributed by atoms with Crippen LogP contribution in [0.2, 0.25) is 0 Å². The van der Waals surface area contributed by atoms with Crippen LogP contribution >= 0.6 is 0 Å². The van der Waals surface area contributed by atoms with Crippen LogP contribution in [0.4, 0.5) is 0 Å². The molecule has 5 heteroatoms. The van der Waals surface area contributed by atoms with E-state index in [0.717, 1.165) is 29.5 Å². The summed E-state index contributed by atoms with van der Waals surface area (Å²) in [6.07, 6.45) is 7.95. The maximum atomic E-state index is 12.6. The van der Waals surface area contributed by atoms with Gasteiger partial charge in [0, 0.05) is 36.8 Å². The third-order valence-corrected chi connectivity index (χ3v) is 5.52. The van der Waals surface area contributed by atoms with Crippen LogP contribution in [-0.4, -0.2) is 28.2 Å². The summed E-state index contributed by atoms with van der Waals surface area (Å²) in [5.41, 5.74) is 1.11. The van der Waals surface area contributed by atoms with E-state index in [1.54, 1.807) is 6.20 Å². The molecule has 5 rings (SSSR count). The van der Waals surface area contributed by atoms with Crippen molar-refractivity contribution >= 4 is 16.7 Å². The van der Waals surface area contributed by atoms with Gasteiger partial charge in [0.1, 0.15) is 18.5 Å². The molecule has 1 saturated carbocycles. The number of carbonyl (C=O) groups is 1. The number of esters is 1. The topological polar surface area (TPSA) is 53.4 Å². The highest BCUT2D eigenvalue weighted by Crippen LogP contribution is 2.37. The fourth-order valence-electron chi connectivity index (χ4n) is 3.93. The summed E-state index contributed by atoms with van der Waals surface area (Å²) in [6, 6.07) is 12.7. The Morgan fingerprint density at radius 2 is 2.08 bits per heavy atom. The van der Waals surface area contributed by atoms with E-state index in [9.17, 15) is 4.79 Å². The second-order valence-electron chi connectivity index (χ2n) is 7.17. The molecule has 0 amide bonds. The van der Waals surface area contributed by atoms with Crippen molar-refractivity contribution in [1.29, 1.82) is 0 Å². The Hall–Kier alpha value is -2.82. The SMILES string of the molecule is O=C(OC1CC(n2ccnc2)C1)C1COc2ccc3ccccc3c2C1. The molecule has 0 saturated heterocycles. The van der Waals surface area contributed by atoms with Gasteiger partial charge in [0.2, 0.25) is 0 Å². The average molecular weight is 348 g/mol. The number of carbonyl (C=O) groups excluding carboxylic acids is 1. The van der Waals surface area contributed by atoms with E-state index < -0.39 is 0 Å². The molecule has 3 aromatic rings. The van der Waals surface area contributed by atoms with Crippen LogP contribution in [0.3, 0.4) is 0 Å². The van der Waals surface area contributed by atoms with Crippen LogP contribution in [0, 0.1) is 5.92 Å². The number of nitrogens with zero attached hydrogens (tertiary/aromatic N) is 2. The monoisotopic (exact) mass is 348 g/mol. The lowest BCUT2D eigenvalue weighted by Gasteiger charge is -2.36. The van der Waals surface area contributed by atoms with E-state index in [-0.39, 0.29) is 18.0 Å². The van der Waals surface area contributed by atoms with E-state index in [4.69, 9.17) is 9.47 Å². The Kier molecular flexibility index (Phi) is 3.66. The molecule has 1 aliphatic carbocycles. The molecule has 0 bridgehead atoms. The summed E-state index contributed by atoms with van der Waals surface area (Å²) in [5.74, 6) is 0.509. The molecule has 1 unspecified atom stereocenters. The molecule has 26 heavy (non-hydrogen) atoms. The Balaban J connectivity index is 1.26. The minimum atomic E-state index is -0.236. The molecule has 2 aromatic carbocycles. The fourth-order valence-corrected chi connectivity index (χ4v) is 3.93. The van der Waals surface area contributed by atoms with Gasteiger partial charge >= 0.3 is 5.97 Å². The number of benzene rings is 2. The molecule has 2 heterocycles. The van der Waals surface area contributed by atoms with E-state index in [2.05, 4.69) is 27.8 Å². The van der Waals surface area contributed by atoms with E-state index in [1.807, 2.05) is 30.7 Å². The molecule has 1 atom stereocenters. The molecule has 2 aliphatic rings. The molecule has 1 aliphatic heterocycles. The average Bonchev–Trinajstić information content (AvgIpc) is 3.17. The zero-order valence-corrected chi connectivity index (χ0v) is 14.4. The third kappa shape index (κ3) is 2.64. The van der Waals surface area contributed by atoms with Gasteiger partial charge in [-0.1, -0.05) is 30.3 Å². The molecular weight excluding hydrogens is 328 g/mol. The van der Waals surface area contributed by atoms with E-state index in [1.165, 1.54) is 5.39 Å². The van der Waals surface area contributed by atoms with Gasteiger partial charge in [-0.15, -0.1) is 0 Å². The van der Waals surface area contributed by atoms with Gasteiger partial charge in [0.05, 0.1) is 12.2 Å². The normalized spacial score (nSPS) is 24.4. The zero-order chi connectivity index (χ0) is 17.5. The Labute approximate surface area is 151 Å². The van der Waals surface area contributed by atoms with Crippen molar-refractivity contribution in [2.45, 2.75) is 31.4 Å². The molecule has 1 aromatic heterocycles. The lowest BCUT2D eigenvalue weighted by molar-refractivity contribution is -0.161. The van der Waals surface area contributed by atoms with Crippen LogP contribution in [-0.2, 0) is 16.0 Å². The number of rotatable bonds is 3. The van der Waals surface area contributed by atoms with Gasteiger partial charge in [-0.3, -0.25) is 4.79 Å². The van der Waals surface area contributed by atoms with Crippen LogP contribution in [0.25, 0.3) is 10.8 Å². The zero-order valence-electron chi connectivity index (χ0n) is 14.4. The second kappa shape index (κ2) is 6.16. The van der Waals surface area contributed by atoms with Gasteiger partial charge in [0.25, 0.3) is 0 Å². The molecule has 1 fully saturated rings. The maximum absolute atomic E-state index is 12.6. The van der Waals surface area contributed by atoms with Crippen molar-refractivity contribution in [1.82, 2.24) is 9.55 Å². The molecule has 5 nitrogen and oxygen atoms in total. The van der Waals surface area contributed by atoms with E-state index in [0.29, 0.717) is 19.1 Å². The summed E-state index contributed by atoms with van der Waals surface area (Å²) in [4.78, 5) is 16.7. The minimum absolute atomic E-state index is 0.00353. The first-order valence-electron chi connectivity index (χ1n) is 9.09. The maximum Gasteiger partial charge on any atom is 0.313 e. The van der Waals surface area contributed by atoms with Crippen molar-refractivity contribution in [3.63, 3.8) is 0 Å². The van der Waals surface area contributed by atoms with Crippen LogP contribution in [0.15, 0.2) is 55.1 Å². The number of imidazole rings is 1. The summed E-state index contributed by atoms with van der Waals surface area (Å²) in [5, 5.41) is 2.33. The smallest absolute Gasteiger partial charge is 0.313 e. The molecule has 0 spiro atoms. The lowest BCUT2D eigenvalue weighted by atomic mass is 9.88. The Bertz CT molecular complexity index is 945. The highest BCUT2D eigenvalue weighted by Gasteiger charge is 2.36. The Morgan fingerprint density at radius 1 is 1.19 bits per heavy atom. The van der Waals surface area contributed by atoms with Gasteiger partial charge in [0.15, 0.2) is 0 Å². The predicted molar refractivity (Wildman–Crippen MR) is 97.0 cm³/mol. The van der Waals surface area contributed by atoms with Crippen molar-refractivity contribution in [2.24, 2.45) is 5.92 Å². The van der Waals surface area contributed by atoms with Crippen molar-refractivity contribution in [3.8, 4) is 5.75 Å². The highest BCUT2D eigenvalue weighted by molar-refractivity contribution is 5.88. The van der Waals surface area contributed by atoms with Gasteiger partial charge in [-0.05, 0) is 23.3 Å². The molecule has 132 valence electrons. The Morgan fingerprint density at radius 3 is 2.92 bits per heavy atom. The van der Waals surface area contributed by atoms with E-state index >= 15 is 0 Å². The van der Waals surface area contributed by atoms with Gasteiger partial charge < -0.3 is 14.0 Å². The molecular formula is C21H20N2O3. The third-order valence-electron chi connectivity index (χ3n) is 5.52. The first-order valence-corrected chi connectivity index (χ1v) is 9.09. The van der Waals surface area contributed by atoms with Gasteiger partial charge in [-0.25, -0.2) is 4.98 Å². The summed E-state index contributed by atoms with van der Waals surface area (Å²) < 4.78 is 13.7. The molecule has 0 N–H and O–H groups in total.